The molecule has 2 aromatic rings. The molecule has 0 bridgehead atoms. The van der Waals surface area contributed by atoms with E-state index in [1.165, 1.54) is 0 Å². The van der Waals surface area contributed by atoms with Gasteiger partial charge < -0.3 is 14.6 Å². The van der Waals surface area contributed by atoms with Crippen molar-refractivity contribution in [3.8, 4) is 0 Å². The maximum absolute atomic E-state index is 5.38. The molecule has 1 N–H and O–H groups in total. The monoisotopic (exact) mass is 275 g/mol. The first-order valence-corrected chi connectivity index (χ1v) is 6.85. The van der Waals surface area contributed by atoms with Crippen molar-refractivity contribution in [1.29, 1.82) is 0 Å². The minimum Gasteiger partial charge on any atom is -0.385 e. The van der Waals surface area contributed by atoms with E-state index in [4.69, 9.17) is 9.26 Å². The Kier molecular flexibility index (Phi) is 5.12. The Morgan fingerprint density at radius 3 is 2.65 bits per heavy atom. The molecule has 0 radical (unpaired) electrons. The summed E-state index contributed by atoms with van der Waals surface area (Å²) in [6.07, 6.45) is 0.575. The molecule has 0 saturated carbocycles. The highest BCUT2D eigenvalue weighted by atomic mass is 16.5. The number of methoxy groups -OCH3 is 1. The minimum atomic E-state index is -0.116. The first-order chi connectivity index (χ1) is 9.70. The molecule has 0 aliphatic carbocycles. The molecule has 0 spiro atoms. The van der Waals surface area contributed by atoms with Crippen LogP contribution in [-0.4, -0.2) is 23.8 Å². The van der Waals surface area contributed by atoms with Crippen LogP contribution < -0.4 is 5.32 Å². The van der Waals surface area contributed by atoms with E-state index in [9.17, 15) is 0 Å². The van der Waals surface area contributed by atoms with E-state index < -0.39 is 0 Å². The molecule has 1 unspecified atom stereocenters. The second-order valence-corrected chi connectivity index (χ2v) is 4.99. The number of ether oxygens (including phenoxy) is 1. The summed E-state index contributed by atoms with van der Waals surface area (Å²) in [5, 5.41) is 7.30. The third-order valence-electron chi connectivity index (χ3n) is 3.04. The number of aromatic nitrogens is 2. The first kappa shape index (κ1) is 14.5. The molecule has 5 heteroatoms. The van der Waals surface area contributed by atoms with Crippen molar-refractivity contribution in [2.75, 3.05) is 19.0 Å². The number of hydrogen-bond acceptors (Lipinski definition) is 5. The second kappa shape index (κ2) is 7.05. The average molecular weight is 275 g/mol. The average Bonchev–Trinajstić information content (AvgIpc) is 2.89. The van der Waals surface area contributed by atoms with Gasteiger partial charge in [-0.2, -0.15) is 4.98 Å². The van der Waals surface area contributed by atoms with Crippen LogP contribution in [0.1, 0.15) is 31.7 Å². The molecule has 1 heterocycles. The van der Waals surface area contributed by atoms with E-state index in [1.54, 1.807) is 7.11 Å². The van der Waals surface area contributed by atoms with Crippen LogP contribution in [0, 0.1) is 5.92 Å². The molecular weight excluding hydrogens is 254 g/mol. The normalized spacial score (nSPS) is 12.6. The van der Waals surface area contributed by atoms with E-state index in [2.05, 4.69) is 29.3 Å². The Hall–Kier alpha value is -1.88. The topological polar surface area (TPSA) is 60.2 Å². The molecule has 0 aliphatic heterocycles. The van der Waals surface area contributed by atoms with Gasteiger partial charge in [-0.25, -0.2) is 0 Å². The SMILES string of the molecule is COC(c1noc(CCNc2ccccc2)n1)C(C)C. The van der Waals surface area contributed by atoms with E-state index in [1.807, 2.05) is 30.3 Å². The number of hydrogen-bond donors (Lipinski definition) is 1. The smallest absolute Gasteiger partial charge is 0.228 e. The van der Waals surface area contributed by atoms with Crippen LogP contribution in [0.5, 0.6) is 0 Å². The molecule has 0 amide bonds. The Balaban J connectivity index is 1.87. The van der Waals surface area contributed by atoms with Gasteiger partial charge in [0.05, 0.1) is 0 Å². The van der Waals surface area contributed by atoms with Crippen LogP contribution in [0.2, 0.25) is 0 Å². The first-order valence-electron chi connectivity index (χ1n) is 6.85. The lowest BCUT2D eigenvalue weighted by Crippen LogP contribution is -2.11. The summed E-state index contributed by atoms with van der Waals surface area (Å²) in [5.41, 5.74) is 1.09. The number of benzene rings is 1. The molecular formula is C15H21N3O2. The maximum Gasteiger partial charge on any atom is 0.228 e. The molecule has 2 rings (SSSR count). The lowest BCUT2D eigenvalue weighted by Gasteiger charge is -2.14. The minimum absolute atomic E-state index is 0.116. The van der Waals surface area contributed by atoms with Gasteiger partial charge in [0.1, 0.15) is 6.10 Å². The molecule has 5 nitrogen and oxygen atoms in total. The van der Waals surface area contributed by atoms with Gasteiger partial charge in [-0.15, -0.1) is 0 Å². The second-order valence-electron chi connectivity index (χ2n) is 4.99. The van der Waals surface area contributed by atoms with Crippen LogP contribution in [0.4, 0.5) is 5.69 Å². The molecule has 0 aliphatic rings. The molecule has 1 atom stereocenters. The summed E-state index contributed by atoms with van der Waals surface area (Å²) in [4.78, 5) is 4.39. The predicted molar refractivity (Wildman–Crippen MR) is 77.5 cm³/mol. The van der Waals surface area contributed by atoms with Gasteiger partial charge in [-0.05, 0) is 18.1 Å². The summed E-state index contributed by atoms with van der Waals surface area (Å²) in [6, 6.07) is 10.0. The van der Waals surface area contributed by atoms with E-state index >= 15 is 0 Å². The van der Waals surface area contributed by atoms with Crippen molar-refractivity contribution in [1.82, 2.24) is 10.1 Å². The largest absolute Gasteiger partial charge is 0.385 e. The summed E-state index contributed by atoms with van der Waals surface area (Å²) in [5.74, 6) is 1.57. The Morgan fingerprint density at radius 2 is 2.00 bits per heavy atom. The quantitative estimate of drug-likeness (QED) is 0.841. The van der Waals surface area contributed by atoms with Crippen molar-refractivity contribution < 1.29 is 9.26 Å². The van der Waals surface area contributed by atoms with Crippen LogP contribution in [0.25, 0.3) is 0 Å². The molecule has 1 aromatic heterocycles. The van der Waals surface area contributed by atoms with Crippen LogP contribution in [0.3, 0.4) is 0 Å². The lowest BCUT2D eigenvalue weighted by molar-refractivity contribution is 0.0555. The van der Waals surface area contributed by atoms with Crippen molar-refractivity contribution in [3.63, 3.8) is 0 Å². The fourth-order valence-electron chi connectivity index (χ4n) is 2.03. The number of nitrogens with zero attached hydrogens (tertiary/aromatic N) is 2. The molecule has 0 saturated heterocycles. The van der Waals surface area contributed by atoms with Gasteiger partial charge in [0.2, 0.25) is 11.7 Å². The van der Waals surface area contributed by atoms with Gasteiger partial charge in [-0.3, -0.25) is 0 Å². The molecule has 20 heavy (non-hydrogen) atoms. The molecule has 108 valence electrons. The van der Waals surface area contributed by atoms with Crippen LogP contribution in [-0.2, 0) is 11.2 Å². The van der Waals surface area contributed by atoms with Gasteiger partial charge in [0.15, 0.2) is 0 Å². The summed E-state index contributed by atoms with van der Waals surface area (Å²) < 4.78 is 10.6. The number of nitrogens with one attached hydrogen (secondary N) is 1. The number of anilines is 1. The summed E-state index contributed by atoms with van der Waals surface area (Å²) in [6.45, 7) is 4.90. The van der Waals surface area contributed by atoms with Gasteiger partial charge in [0, 0.05) is 25.8 Å². The van der Waals surface area contributed by atoms with Crippen molar-refractivity contribution in [2.24, 2.45) is 5.92 Å². The van der Waals surface area contributed by atoms with E-state index in [0.717, 1.165) is 12.2 Å². The highest BCUT2D eigenvalue weighted by Gasteiger charge is 2.21. The zero-order chi connectivity index (χ0) is 14.4. The van der Waals surface area contributed by atoms with E-state index in [0.29, 0.717) is 24.1 Å². The Bertz CT molecular complexity index is 511. The Morgan fingerprint density at radius 1 is 1.25 bits per heavy atom. The predicted octanol–water partition coefficient (Wildman–Crippen LogP) is 3.07. The van der Waals surface area contributed by atoms with Crippen molar-refractivity contribution >= 4 is 5.69 Å². The zero-order valence-electron chi connectivity index (χ0n) is 12.2. The standard InChI is InChI=1S/C15H21N3O2/c1-11(2)14(19-3)15-17-13(20-18-15)9-10-16-12-7-5-4-6-8-12/h4-8,11,14,16H,9-10H2,1-3H3. The van der Waals surface area contributed by atoms with Crippen LogP contribution in [0.15, 0.2) is 34.9 Å². The third-order valence-corrected chi connectivity index (χ3v) is 3.04. The lowest BCUT2D eigenvalue weighted by atomic mass is 10.1. The summed E-state index contributed by atoms with van der Waals surface area (Å²) in [7, 11) is 1.66. The van der Waals surface area contributed by atoms with Crippen LogP contribution >= 0.6 is 0 Å². The van der Waals surface area contributed by atoms with Crippen molar-refractivity contribution in [2.45, 2.75) is 26.4 Å². The van der Waals surface area contributed by atoms with Gasteiger partial charge >= 0.3 is 0 Å². The highest BCUT2D eigenvalue weighted by molar-refractivity contribution is 5.42. The fraction of sp³-hybridized carbons (Fsp3) is 0.467. The number of rotatable bonds is 7. The fourth-order valence-corrected chi connectivity index (χ4v) is 2.03. The van der Waals surface area contributed by atoms with Gasteiger partial charge in [-0.1, -0.05) is 37.2 Å². The molecule has 1 aromatic carbocycles. The Labute approximate surface area is 119 Å². The van der Waals surface area contributed by atoms with E-state index in [-0.39, 0.29) is 6.10 Å². The van der Waals surface area contributed by atoms with Crippen molar-refractivity contribution in [3.05, 3.63) is 42.0 Å². The van der Waals surface area contributed by atoms with Gasteiger partial charge in [0.25, 0.3) is 0 Å². The number of para-hydroxylation sites is 1. The zero-order valence-corrected chi connectivity index (χ0v) is 12.2. The summed E-state index contributed by atoms with van der Waals surface area (Å²) >= 11 is 0. The molecule has 0 fully saturated rings. The maximum atomic E-state index is 5.38. The third kappa shape index (κ3) is 3.81. The highest BCUT2D eigenvalue weighted by Crippen LogP contribution is 2.22.